The Morgan fingerprint density at radius 3 is 2.02 bits per heavy atom. The van der Waals surface area contributed by atoms with E-state index in [2.05, 4.69) is 10.0 Å². The fourth-order valence-corrected chi connectivity index (χ4v) is 6.11. The lowest BCUT2D eigenvalue weighted by atomic mass is 10.1. The monoisotopic (exact) mass is 623 g/mol. The number of sulfonamides is 1. The van der Waals surface area contributed by atoms with E-state index < -0.39 is 51.3 Å². The Bertz CT molecular complexity index is 1250. The van der Waals surface area contributed by atoms with Crippen molar-refractivity contribution in [1.82, 2.24) is 24.7 Å². The van der Waals surface area contributed by atoms with E-state index in [1.165, 1.54) is 14.7 Å². The molecular formula is C29H45N5O8S. The molecule has 0 spiro atoms. The summed E-state index contributed by atoms with van der Waals surface area (Å²) < 4.78 is 39.4. The molecule has 1 aromatic rings. The van der Waals surface area contributed by atoms with Crippen LogP contribution in [0.1, 0.15) is 59.9 Å². The maximum Gasteiger partial charge on any atom is 0.410 e. The van der Waals surface area contributed by atoms with Gasteiger partial charge in [0.15, 0.2) is 0 Å². The van der Waals surface area contributed by atoms with Crippen LogP contribution in [0.15, 0.2) is 30.3 Å². The van der Waals surface area contributed by atoms with Gasteiger partial charge in [-0.05, 0) is 53.5 Å². The van der Waals surface area contributed by atoms with Gasteiger partial charge in [-0.3, -0.25) is 9.59 Å². The third kappa shape index (κ3) is 11.3. The molecule has 0 saturated carbocycles. The molecule has 2 heterocycles. The van der Waals surface area contributed by atoms with Crippen LogP contribution in [0.3, 0.4) is 0 Å². The van der Waals surface area contributed by atoms with Crippen LogP contribution < -0.4 is 10.0 Å². The summed E-state index contributed by atoms with van der Waals surface area (Å²) in [5.41, 5.74) is -0.793. The number of nitrogens with one attached hydrogen (secondary N) is 2. The Balaban J connectivity index is 1.67. The molecule has 0 aliphatic carbocycles. The standard InChI is InChI=1S/C29H45N5O8S/c1-28(2,3)41-26(37)30-22-12-13-34(19-22)25(36)23(31-43(39,40)20-21-10-8-7-9-11-21)18-24(35)32-14-16-33(17-15-32)27(38)42-29(4,5)6/h7-11,22-23,31H,12-20H2,1-6H3,(H,30,37)/t22-,23-/m1/s1. The zero-order chi connectivity index (χ0) is 32.0. The predicted octanol–water partition coefficient (Wildman–Crippen LogP) is 2.07. The van der Waals surface area contributed by atoms with Crippen molar-refractivity contribution in [2.45, 2.75) is 83.4 Å². The van der Waals surface area contributed by atoms with Gasteiger partial charge in [0.05, 0.1) is 18.2 Å². The van der Waals surface area contributed by atoms with Crippen LogP contribution in [-0.4, -0.2) is 110 Å². The van der Waals surface area contributed by atoms with Crippen LogP contribution in [0.25, 0.3) is 0 Å². The average molecular weight is 624 g/mol. The van der Waals surface area contributed by atoms with Crippen molar-refractivity contribution in [3.8, 4) is 0 Å². The number of hydrogen-bond acceptors (Lipinski definition) is 8. The smallest absolute Gasteiger partial charge is 0.410 e. The van der Waals surface area contributed by atoms with Gasteiger partial charge < -0.3 is 29.5 Å². The van der Waals surface area contributed by atoms with Crippen molar-refractivity contribution in [3.63, 3.8) is 0 Å². The first-order valence-electron chi connectivity index (χ1n) is 14.5. The molecule has 2 saturated heterocycles. The minimum absolute atomic E-state index is 0.151. The van der Waals surface area contributed by atoms with Gasteiger partial charge in [0.2, 0.25) is 21.8 Å². The van der Waals surface area contributed by atoms with E-state index in [-0.39, 0.29) is 57.5 Å². The molecule has 1 aromatic carbocycles. The number of alkyl carbamates (subject to hydrolysis) is 1. The van der Waals surface area contributed by atoms with Crippen LogP contribution in [-0.2, 0) is 34.8 Å². The molecule has 43 heavy (non-hydrogen) atoms. The Morgan fingerprint density at radius 2 is 1.44 bits per heavy atom. The van der Waals surface area contributed by atoms with Crippen LogP contribution >= 0.6 is 0 Å². The molecule has 2 fully saturated rings. The van der Waals surface area contributed by atoms with E-state index in [0.717, 1.165) is 0 Å². The summed E-state index contributed by atoms with van der Waals surface area (Å²) in [6, 6.07) is 6.82. The summed E-state index contributed by atoms with van der Waals surface area (Å²) in [5.74, 6) is -1.32. The SMILES string of the molecule is CC(C)(C)OC(=O)N[C@@H]1CCN(C(=O)[C@@H](CC(=O)N2CCN(C(=O)OC(C)(C)C)CC2)NS(=O)(=O)Cc2ccccc2)C1. The van der Waals surface area contributed by atoms with Crippen molar-refractivity contribution in [3.05, 3.63) is 35.9 Å². The van der Waals surface area contributed by atoms with Gasteiger partial charge >= 0.3 is 12.2 Å². The van der Waals surface area contributed by atoms with Gasteiger partial charge in [0, 0.05) is 39.3 Å². The topological polar surface area (TPSA) is 155 Å². The number of hydrogen-bond donors (Lipinski definition) is 2. The Morgan fingerprint density at radius 1 is 0.860 bits per heavy atom. The second kappa shape index (κ2) is 13.9. The molecule has 0 unspecified atom stereocenters. The number of nitrogens with zero attached hydrogens (tertiary/aromatic N) is 3. The van der Waals surface area contributed by atoms with E-state index in [1.54, 1.807) is 71.9 Å². The Kier molecular flexibility index (Phi) is 11.0. The molecular weight excluding hydrogens is 578 g/mol. The lowest BCUT2D eigenvalue weighted by Gasteiger charge is -2.36. The second-order valence-corrected chi connectivity index (χ2v) is 14.6. The molecule has 14 heteroatoms. The summed E-state index contributed by atoms with van der Waals surface area (Å²) in [6.45, 7) is 11.9. The summed E-state index contributed by atoms with van der Waals surface area (Å²) >= 11 is 0. The lowest BCUT2D eigenvalue weighted by molar-refractivity contribution is -0.139. The normalized spacial score (nSPS) is 18.7. The molecule has 0 bridgehead atoms. The third-order valence-corrected chi connectivity index (χ3v) is 8.06. The van der Waals surface area contributed by atoms with Crippen LogP contribution in [0.2, 0.25) is 0 Å². The number of likely N-dealkylation sites (tertiary alicyclic amines) is 1. The molecule has 3 rings (SSSR count). The Hall–Kier alpha value is -3.39. The van der Waals surface area contributed by atoms with Gasteiger partial charge in [0.25, 0.3) is 0 Å². The second-order valence-electron chi connectivity index (χ2n) is 12.9. The van der Waals surface area contributed by atoms with Gasteiger partial charge in [-0.25, -0.2) is 22.7 Å². The maximum absolute atomic E-state index is 13.6. The number of piperazine rings is 1. The van der Waals surface area contributed by atoms with E-state index in [4.69, 9.17) is 9.47 Å². The van der Waals surface area contributed by atoms with E-state index >= 15 is 0 Å². The number of ether oxygens (including phenoxy) is 2. The largest absolute Gasteiger partial charge is 0.444 e. The molecule has 0 radical (unpaired) electrons. The molecule has 2 aliphatic heterocycles. The first-order valence-corrected chi connectivity index (χ1v) is 16.1. The first kappa shape index (κ1) is 34.1. The van der Waals surface area contributed by atoms with E-state index in [1.807, 2.05) is 0 Å². The van der Waals surface area contributed by atoms with Crippen LogP contribution in [0.4, 0.5) is 9.59 Å². The summed E-state index contributed by atoms with van der Waals surface area (Å²) in [5, 5.41) is 2.75. The van der Waals surface area contributed by atoms with Gasteiger partial charge in [-0.2, -0.15) is 0 Å². The zero-order valence-corrected chi connectivity index (χ0v) is 26.7. The third-order valence-electron chi connectivity index (χ3n) is 6.70. The van der Waals surface area contributed by atoms with Crippen molar-refractivity contribution in [2.75, 3.05) is 39.3 Å². The van der Waals surface area contributed by atoms with E-state index in [9.17, 15) is 27.6 Å². The van der Waals surface area contributed by atoms with Gasteiger partial charge in [-0.1, -0.05) is 30.3 Å². The zero-order valence-electron chi connectivity index (χ0n) is 25.9. The maximum atomic E-state index is 13.6. The summed E-state index contributed by atoms with van der Waals surface area (Å²) in [6.07, 6.45) is -1.01. The predicted molar refractivity (Wildman–Crippen MR) is 159 cm³/mol. The minimum Gasteiger partial charge on any atom is -0.444 e. The minimum atomic E-state index is -4.00. The van der Waals surface area contributed by atoms with Gasteiger partial charge in [0.1, 0.15) is 17.2 Å². The highest BCUT2D eigenvalue weighted by Crippen LogP contribution is 2.17. The fraction of sp³-hybridized carbons (Fsp3) is 0.655. The number of carbonyl (C=O) groups excluding carboxylic acids is 4. The van der Waals surface area contributed by atoms with Crippen LogP contribution in [0.5, 0.6) is 0 Å². The summed E-state index contributed by atoms with van der Waals surface area (Å²) in [4.78, 5) is 56.1. The van der Waals surface area contributed by atoms with Crippen molar-refractivity contribution in [1.29, 1.82) is 0 Å². The molecule has 2 aliphatic rings. The van der Waals surface area contributed by atoms with Crippen molar-refractivity contribution in [2.24, 2.45) is 0 Å². The number of amides is 4. The highest BCUT2D eigenvalue weighted by Gasteiger charge is 2.37. The molecule has 0 aromatic heterocycles. The Labute approximate surface area is 254 Å². The number of rotatable bonds is 8. The molecule has 2 N–H and O–H groups in total. The molecule has 4 amide bonds. The molecule has 240 valence electrons. The quantitative estimate of drug-likeness (QED) is 0.446. The number of carbonyl (C=O) groups is 4. The summed E-state index contributed by atoms with van der Waals surface area (Å²) in [7, 11) is -4.00. The van der Waals surface area contributed by atoms with Crippen LogP contribution in [0, 0.1) is 0 Å². The van der Waals surface area contributed by atoms with Gasteiger partial charge in [-0.15, -0.1) is 0 Å². The van der Waals surface area contributed by atoms with Crippen molar-refractivity contribution >= 4 is 34.0 Å². The lowest BCUT2D eigenvalue weighted by Crippen LogP contribution is -2.54. The molecule has 2 atom stereocenters. The fourth-order valence-electron chi connectivity index (χ4n) is 4.77. The first-order chi connectivity index (χ1) is 19.9. The highest BCUT2D eigenvalue weighted by atomic mass is 32.2. The number of benzene rings is 1. The highest BCUT2D eigenvalue weighted by molar-refractivity contribution is 7.88. The van der Waals surface area contributed by atoms with E-state index in [0.29, 0.717) is 12.0 Å². The average Bonchev–Trinajstić information content (AvgIpc) is 3.34. The molecule has 13 nitrogen and oxygen atoms in total. The van der Waals surface area contributed by atoms with Crippen molar-refractivity contribution < 1.29 is 37.1 Å².